The molecule has 0 radical (unpaired) electrons. The average Bonchev–Trinajstić information content (AvgIpc) is 3.49. The number of methoxy groups -OCH3 is 1. The van der Waals surface area contributed by atoms with E-state index in [0.717, 1.165) is 45.6 Å². The van der Waals surface area contributed by atoms with Crippen molar-refractivity contribution in [2.24, 2.45) is 5.92 Å². The summed E-state index contributed by atoms with van der Waals surface area (Å²) in [5.74, 6) is 1.20. The minimum Gasteiger partial charge on any atom is -0.495 e. The van der Waals surface area contributed by atoms with Crippen LogP contribution in [0.25, 0.3) is 0 Å². The van der Waals surface area contributed by atoms with E-state index in [4.69, 9.17) is 9.47 Å². The second-order valence-electron chi connectivity index (χ2n) is 8.66. The predicted octanol–water partition coefficient (Wildman–Crippen LogP) is 2.83. The van der Waals surface area contributed by atoms with Crippen molar-refractivity contribution < 1.29 is 19.1 Å². The number of hydrogen-bond donors (Lipinski definition) is 2. The molecule has 8 nitrogen and oxygen atoms in total. The average molecular weight is 431 g/mol. The Morgan fingerprint density at radius 2 is 2.03 bits per heavy atom. The third-order valence-electron chi connectivity index (χ3n) is 6.64. The highest BCUT2D eigenvalue weighted by molar-refractivity contribution is 5.97. The molecule has 2 N–H and O–H groups in total. The molecule has 4 rings (SSSR count). The maximum absolute atomic E-state index is 12.7. The summed E-state index contributed by atoms with van der Waals surface area (Å²) in [4.78, 5) is 29.3. The van der Waals surface area contributed by atoms with Gasteiger partial charge in [-0.25, -0.2) is 4.79 Å². The molecule has 3 amide bonds. The molecule has 3 aliphatic heterocycles. The molecule has 8 heteroatoms. The van der Waals surface area contributed by atoms with Crippen molar-refractivity contribution in [2.75, 3.05) is 56.7 Å². The molecule has 2 atom stereocenters. The minimum atomic E-state index is -0.232. The van der Waals surface area contributed by atoms with Crippen LogP contribution in [0.1, 0.15) is 38.5 Å². The SMILES string of the molecule is COc1ccc(NC(=O)NCC(C2CCOC2)N2CCCC2)cc1N1CCCCC1=O. The molecule has 1 aromatic rings. The van der Waals surface area contributed by atoms with Gasteiger partial charge in [-0.3, -0.25) is 9.69 Å². The van der Waals surface area contributed by atoms with Gasteiger partial charge in [0.05, 0.1) is 19.4 Å². The Labute approximate surface area is 184 Å². The molecular formula is C23H34N4O4. The van der Waals surface area contributed by atoms with Crippen molar-refractivity contribution in [3.63, 3.8) is 0 Å². The molecule has 0 spiro atoms. The van der Waals surface area contributed by atoms with Gasteiger partial charge in [0, 0.05) is 43.8 Å². The lowest BCUT2D eigenvalue weighted by atomic mass is 9.97. The zero-order valence-electron chi connectivity index (χ0n) is 18.4. The van der Waals surface area contributed by atoms with E-state index < -0.39 is 0 Å². The summed E-state index contributed by atoms with van der Waals surface area (Å²) in [5.41, 5.74) is 1.36. The van der Waals surface area contributed by atoms with E-state index in [1.165, 1.54) is 12.8 Å². The lowest BCUT2D eigenvalue weighted by Crippen LogP contribution is -2.48. The van der Waals surface area contributed by atoms with Crippen LogP contribution < -0.4 is 20.3 Å². The van der Waals surface area contributed by atoms with Crippen LogP contribution in [0.4, 0.5) is 16.2 Å². The topological polar surface area (TPSA) is 83.1 Å². The van der Waals surface area contributed by atoms with Gasteiger partial charge in [0.15, 0.2) is 0 Å². The lowest BCUT2D eigenvalue weighted by Gasteiger charge is -2.32. The van der Waals surface area contributed by atoms with Crippen LogP contribution in [0.15, 0.2) is 18.2 Å². The summed E-state index contributed by atoms with van der Waals surface area (Å²) in [7, 11) is 1.60. The zero-order chi connectivity index (χ0) is 21.6. The molecule has 3 heterocycles. The van der Waals surface area contributed by atoms with E-state index in [2.05, 4.69) is 15.5 Å². The molecule has 0 aromatic heterocycles. The number of ether oxygens (including phenoxy) is 2. The fourth-order valence-corrected chi connectivity index (χ4v) is 4.94. The number of benzene rings is 1. The quantitative estimate of drug-likeness (QED) is 0.695. The van der Waals surface area contributed by atoms with E-state index in [-0.39, 0.29) is 11.9 Å². The summed E-state index contributed by atoms with van der Waals surface area (Å²) >= 11 is 0. The largest absolute Gasteiger partial charge is 0.495 e. The Kier molecular flexibility index (Phi) is 7.29. The summed E-state index contributed by atoms with van der Waals surface area (Å²) in [6.45, 7) is 5.05. The second kappa shape index (κ2) is 10.3. The smallest absolute Gasteiger partial charge is 0.319 e. The van der Waals surface area contributed by atoms with Crippen LogP contribution in [0.3, 0.4) is 0 Å². The molecule has 0 bridgehead atoms. The third kappa shape index (κ3) is 5.30. The summed E-state index contributed by atoms with van der Waals surface area (Å²) < 4.78 is 11.1. The lowest BCUT2D eigenvalue weighted by molar-refractivity contribution is -0.119. The Bertz CT molecular complexity index is 759. The highest BCUT2D eigenvalue weighted by atomic mass is 16.5. The first kappa shape index (κ1) is 21.9. The molecule has 31 heavy (non-hydrogen) atoms. The summed E-state index contributed by atoms with van der Waals surface area (Å²) in [6.07, 6.45) is 5.93. The van der Waals surface area contributed by atoms with Crippen LogP contribution in [-0.4, -0.2) is 69.4 Å². The normalized spacial score (nSPS) is 23.1. The Hall–Kier alpha value is -2.32. The van der Waals surface area contributed by atoms with Crippen LogP contribution in [0.2, 0.25) is 0 Å². The number of likely N-dealkylation sites (tertiary alicyclic amines) is 1. The van der Waals surface area contributed by atoms with Crippen LogP contribution in [-0.2, 0) is 9.53 Å². The fraction of sp³-hybridized carbons (Fsp3) is 0.652. The second-order valence-corrected chi connectivity index (χ2v) is 8.66. The van der Waals surface area contributed by atoms with E-state index in [9.17, 15) is 9.59 Å². The highest BCUT2D eigenvalue weighted by Gasteiger charge is 2.32. The zero-order valence-corrected chi connectivity index (χ0v) is 18.4. The summed E-state index contributed by atoms with van der Waals surface area (Å²) in [6, 6.07) is 5.51. The highest BCUT2D eigenvalue weighted by Crippen LogP contribution is 2.33. The van der Waals surface area contributed by atoms with Gasteiger partial charge in [-0.1, -0.05) is 0 Å². The number of hydrogen-bond acceptors (Lipinski definition) is 5. The number of amides is 3. The fourth-order valence-electron chi connectivity index (χ4n) is 4.94. The minimum absolute atomic E-state index is 0.0957. The molecule has 3 saturated heterocycles. The number of urea groups is 1. The van der Waals surface area contributed by atoms with Gasteiger partial charge < -0.3 is 25.0 Å². The Morgan fingerprint density at radius 1 is 1.23 bits per heavy atom. The van der Waals surface area contributed by atoms with Crippen molar-refractivity contribution in [2.45, 2.75) is 44.6 Å². The van der Waals surface area contributed by atoms with Crippen molar-refractivity contribution in [1.29, 1.82) is 0 Å². The monoisotopic (exact) mass is 430 g/mol. The van der Waals surface area contributed by atoms with Gasteiger partial charge in [-0.15, -0.1) is 0 Å². The van der Waals surface area contributed by atoms with E-state index >= 15 is 0 Å². The van der Waals surface area contributed by atoms with E-state index in [1.807, 2.05) is 6.07 Å². The third-order valence-corrected chi connectivity index (χ3v) is 6.64. The maximum Gasteiger partial charge on any atom is 0.319 e. The molecule has 170 valence electrons. The van der Waals surface area contributed by atoms with E-state index in [0.29, 0.717) is 48.6 Å². The standard InChI is InChI=1S/C23H34N4O4/c1-30-21-8-7-18(14-19(21)27-12-3-2-6-22(27)28)25-23(29)24-15-20(17-9-13-31-16-17)26-10-4-5-11-26/h7-8,14,17,20H,2-6,9-13,15-16H2,1H3,(H2,24,25,29). The maximum atomic E-state index is 12.7. The van der Waals surface area contributed by atoms with Crippen molar-refractivity contribution in [3.8, 4) is 5.75 Å². The first-order valence-electron chi connectivity index (χ1n) is 11.5. The number of piperidine rings is 1. The number of nitrogens with zero attached hydrogens (tertiary/aromatic N) is 2. The van der Waals surface area contributed by atoms with Gasteiger partial charge in [0.1, 0.15) is 5.75 Å². The number of carbonyl (C=O) groups is 2. The van der Waals surface area contributed by atoms with Crippen LogP contribution in [0, 0.1) is 5.92 Å². The van der Waals surface area contributed by atoms with Crippen molar-refractivity contribution >= 4 is 23.3 Å². The van der Waals surface area contributed by atoms with Crippen molar-refractivity contribution in [3.05, 3.63) is 18.2 Å². The Morgan fingerprint density at radius 3 is 2.74 bits per heavy atom. The van der Waals surface area contributed by atoms with Crippen LogP contribution >= 0.6 is 0 Å². The van der Waals surface area contributed by atoms with Gasteiger partial charge in [-0.05, 0) is 63.4 Å². The number of carbonyl (C=O) groups excluding carboxylic acids is 2. The molecular weight excluding hydrogens is 396 g/mol. The molecule has 0 saturated carbocycles. The Balaban J connectivity index is 1.39. The number of nitrogens with one attached hydrogen (secondary N) is 2. The summed E-state index contributed by atoms with van der Waals surface area (Å²) in [5, 5.41) is 5.99. The number of anilines is 2. The van der Waals surface area contributed by atoms with Gasteiger partial charge >= 0.3 is 6.03 Å². The van der Waals surface area contributed by atoms with E-state index in [1.54, 1.807) is 24.1 Å². The molecule has 0 aliphatic carbocycles. The predicted molar refractivity (Wildman–Crippen MR) is 120 cm³/mol. The first-order chi connectivity index (χ1) is 15.2. The van der Waals surface area contributed by atoms with Crippen molar-refractivity contribution in [1.82, 2.24) is 10.2 Å². The molecule has 2 unspecified atom stereocenters. The molecule has 3 aliphatic rings. The molecule has 1 aromatic carbocycles. The number of rotatable bonds is 7. The molecule has 3 fully saturated rings. The van der Waals surface area contributed by atoms with Gasteiger partial charge in [0.2, 0.25) is 5.91 Å². The van der Waals surface area contributed by atoms with Gasteiger partial charge in [0.25, 0.3) is 0 Å². The first-order valence-corrected chi connectivity index (χ1v) is 11.5. The van der Waals surface area contributed by atoms with Gasteiger partial charge in [-0.2, -0.15) is 0 Å². The van der Waals surface area contributed by atoms with Crippen LogP contribution in [0.5, 0.6) is 5.75 Å².